The van der Waals surface area contributed by atoms with E-state index in [0.717, 1.165) is 106 Å². The summed E-state index contributed by atoms with van der Waals surface area (Å²) < 4.78 is 12.8. The third-order valence-corrected chi connectivity index (χ3v) is 18.4. The predicted molar refractivity (Wildman–Crippen MR) is 324 cm³/mol. The first-order chi connectivity index (χ1) is 37.4. The van der Waals surface area contributed by atoms with Crippen LogP contribution in [0.3, 0.4) is 0 Å². The molecule has 4 heterocycles. The largest absolute Gasteiger partial charge is 0.494 e. The third-order valence-electron chi connectivity index (χ3n) is 18.4. The first-order valence-corrected chi connectivity index (χ1v) is 27.4. The van der Waals surface area contributed by atoms with Crippen LogP contribution in [0.25, 0.3) is 101 Å². The minimum Gasteiger partial charge on any atom is -0.399 e. The lowest BCUT2D eigenvalue weighted by Gasteiger charge is -2.44. The Hall–Kier alpha value is -8.03. The summed E-state index contributed by atoms with van der Waals surface area (Å²) in [5.74, 6) is 0. The summed E-state index contributed by atoms with van der Waals surface area (Å²) in [6, 6.07) is 71.9. The van der Waals surface area contributed by atoms with Gasteiger partial charge in [-0.05, 0) is 159 Å². The SMILES string of the molecule is CC1(C)OB(c2cccc(-c3ccc(-c4ccccc4-c4cc(-c5ccccc5-c5ccc(-c6ccccc6)nc5)cc(-c5ccccc5-c5ccc(-c6ccc7c(c6)C(C)(C)C(C)(C)C7(C)C)nc5)c4)cn3)c2)OC1(C)C. The van der Waals surface area contributed by atoms with Gasteiger partial charge < -0.3 is 9.31 Å². The smallest absolute Gasteiger partial charge is 0.399 e. The van der Waals surface area contributed by atoms with Crippen LogP contribution in [0.4, 0.5) is 0 Å². The Morgan fingerprint density at radius 3 is 1.08 bits per heavy atom. The second-order valence-electron chi connectivity index (χ2n) is 23.9. The normalized spacial score (nSPS) is 16.5. The van der Waals surface area contributed by atoms with Gasteiger partial charge in [-0.2, -0.15) is 0 Å². The molecule has 1 aliphatic heterocycles. The molecule has 0 N–H and O–H groups in total. The molecule has 12 rings (SSSR count). The lowest BCUT2D eigenvalue weighted by atomic mass is 9.59. The highest BCUT2D eigenvalue weighted by Gasteiger charge is 2.57. The monoisotopic (exact) mass is 1020 g/mol. The molecule has 3 aromatic heterocycles. The van der Waals surface area contributed by atoms with Gasteiger partial charge in [0.1, 0.15) is 0 Å². The summed E-state index contributed by atoms with van der Waals surface area (Å²) in [5.41, 5.74) is 22.2. The summed E-state index contributed by atoms with van der Waals surface area (Å²) in [6.45, 7) is 22.8. The average Bonchev–Trinajstić information content (AvgIpc) is 3.84. The van der Waals surface area contributed by atoms with E-state index >= 15 is 0 Å². The molecule has 0 unspecified atom stereocenters. The minimum atomic E-state index is -0.454. The Labute approximate surface area is 461 Å². The maximum Gasteiger partial charge on any atom is 0.494 e. The molecule has 0 amide bonds. The van der Waals surface area contributed by atoms with Crippen molar-refractivity contribution in [1.82, 2.24) is 15.0 Å². The Balaban J connectivity index is 0.941. The maximum absolute atomic E-state index is 6.42. The van der Waals surface area contributed by atoms with E-state index in [1.807, 2.05) is 24.7 Å². The molecule has 0 saturated carbocycles. The van der Waals surface area contributed by atoms with E-state index < -0.39 is 18.3 Å². The van der Waals surface area contributed by atoms with Crippen molar-refractivity contribution in [2.75, 3.05) is 0 Å². The summed E-state index contributed by atoms with van der Waals surface area (Å²) in [4.78, 5) is 15.3. The van der Waals surface area contributed by atoms with Gasteiger partial charge in [-0.3, -0.25) is 15.0 Å². The van der Waals surface area contributed by atoms with Crippen molar-refractivity contribution in [2.45, 2.75) is 91.3 Å². The average molecular weight is 1020 g/mol. The fourth-order valence-corrected chi connectivity index (χ4v) is 11.9. The standard InChI is InChI=1S/C72H66BN3O2/c1-68(2)63-35-31-49(43-64(63)69(3,4)70(68,5)6)67-38-34-52(46-76-67)59-27-16-19-30-62(59)55-40-53(60-28-17-14-25-57(60)50-32-36-65(74-44-50)47-21-12-11-13-22-47)39-54(41-55)61-29-18-15-26-58(61)51-33-37-66(75-45-51)48-23-20-24-56(42-48)73-77-71(7,8)72(9,10)78-73/h11-46H,1-10H3. The minimum absolute atomic E-state index is 0.00506. The number of fused-ring (bicyclic) bond motifs is 1. The number of rotatable bonds is 10. The Morgan fingerprint density at radius 1 is 0.295 bits per heavy atom. The second-order valence-corrected chi connectivity index (χ2v) is 23.9. The first kappa shape index (κ1) is 50.8. The molecule has 10 aromatic rings. The highest BCUT2D eigenvalue weighted by atomic mass is 16.7. The van der Waals surface area contributed by atoms with Gasteiger partial charge in [0, 0.05) is 46.4 Å². The Kier molecular flexibility index (Phi) is 12.5. The van der Waals surface area contributed by atoms with E-state index in [9.17, 15) is 0 Å². The number of benzene rings is 7. The Morgan fingerprint density at radius 2 is 0.654 bits per heavy atom. The summed E-state index contributed by atoms with van der Waals surface area (Å²) in [5, 5.41) is 0. The van der Waals surface area contributed by atoms with Gasteiger partial charge in [-0.15, -0.1) is 0 Å². The molecular weight excluding hydrogens is 950 g/mol. The fourth-order valence-electron chi connectivity index (χ4n) is 11.9. The molecule has 1 aliphatic carbocycles. The fraction of sp³-hybridized carbons (Fsp3) is 0.208. The van der Waals surface area contributed by atoms with Crippen LogP contribution in [0.1, 0.15) is 80.4 Å². The summed E-state index contributed by atoms with van der Waals surface area (Å²) in [7, 11) is -0.454. The molecule has 78 heavy (non-hydrogen) atoms. The van der Waals surface area contributed by atoms with Gasteiger partial charge in [0.2, 0.25) is 0 Å². The molecule has 1 fully saturated rings. The van der Waals surface area contributed by atoms with Gasteiger partial charge in [-0.1, -0.05) is 199 Å². The quantitative estimate of drug-likeness (QED) is 0.128. The second kappa shape index (κ2) is 19.2. The van der Waals surface area contributed by atoms with Crippen molar-refractivity contribution in [3.63, 3.8) is 0 Å². The predicted octanol–water partition coefficient (Wildman–Crippen LogP) is 17.8. The van der Waals surface area contributed by atoms with Crippen molar-refractivity contribution in [2.24, 2.45) is 5.41 Å². The van der Waals surface area contributed by atoms with E-state index in [2.05, 4.69) is 263 Å². The molecule has 6 heteroatoms. The van der Waals surface area contributed by atoms with Gasteiger partial charge in [0.05, 0.1) is 28.3 Å². The number of hydrogen-bond acceptors (Lipinski definition) is 5. The number of hydrogen-bond donors (Lipinski definition) is 0. The topological polar surface area (TPSA) is 57.1 Å². The van der Waals surface area contributed by atoms with E-state index in [1.54, 1.807) is 0 Å². The van der Waals surface area contributed by atoms with Crippen LogP contribution in [0.2, 0.25) is 0 Å². The molecule has 2 aliphatic rings. The molecule has 5 nitrogen and oxygen atoms in total. The molecule has 0 atom stereocenters. The summed E-state index contributed by atoms with van der Waals surface area (Å²) >= 11 is 0. The van der Waals surface area contributed by atoms with Crippen LogP contribution in [0, 0.1) is 5.41 Å². The molecular formula is C72H66BN3O2. The molecule has 384 valence electrons. The van der Waals surface area contributed by atoms with Crippen molar-refractivity contribution >= 4 is 12.6 Å². The Bertz CT molecular complexity index is 3860. The van der Waals surface area contributed by atoms with Gasteiger partial charge in [0.15, 0.2) is 0 Å². The summed E-state index contributed by atoms with van der Waals surface area (Å²) in [6.07, 6.45) is 6.05. The van der Waals surface area contributed by atoms with Crippen molar-refractivity contribution in [1.29, 1.82) is 0 Å². The van der Waals surface area contributed by atoms with Crippen LogP contribution in [0.5, 0.6) is 0 Å². The van der Waals surface area contributed by atoms with E-state index in [1.165, 1.54) is 11.1 Å². The van der Waals surface area contributed by atoms with Crippen LogP contribution < -0.4 is 5.46 Å². The van der Waals surface area contributed by atoms with E-state index in [4.69, 9.17) is 24.3 Å². The van der Waals surface area contributed by atoms with Crippen molar-refractivity contribution in [3.05, 3.63) is 230 Å². The molecule has 1 saturated heterocycles. The zero-order valence-corrected chi connectivity index (χ0v) is 46.5. The van der Waals surface area contributed by atoms with Crippen LogP contribution >= 0.6 is 0 Å². The third kappa shape index (κ3) is 8.72. The first-order valence-electron chi connectivity index (χ1n) is 27.4. The van der Waals surface area contributed by atoms with Crippen LogP contribution in [-0.4, -0.2) is 33.3 Å². The molecule has 0 bridgehead atoms. The maximum atomic E-state index is 6.42. The zero-order chi connectivity index (χ0) is 54.2. The molecule has 7 aromatic carbocycles. The highest BCUT2D eigenvalue weighted by Crippen LogP contribution is 2.62. The number of nitrogens with zero attached hydrogens (tertiary/aromatic N) is 3. The number of pyridine rings is 3. The lowest BCUT2D eigenvalue weighted by Crippen LogP contribution is -2.42. The van der Waals surface area contributed by atoms with E-state index in [-0.39, 0.29) is 16.2 Å². The van der Waals surface area contributed by atoms with Crippen molar-refractivity contribution in [3.8, 4) is 101 Å². The van der Waals surface area contributed by atoms with Gasteiger partial charge in [0.25, 0.3) is 0 Å². The van der Waals surface area contributed by atoms with Crippen LogP contribution in [-0.2, 0) is 20.1 Å². The highest BCUT2D eigenvalue weighted by molar-refractivity contribution is 6.62. The molecule has 0 spiro atoms. The van der Waals surface area contributed by atoms with Crippen LogP contribution in [0.15, 0.2) is 219 Å². The van der Waals surface area contributed by atoms with Gasteiger partial charge >= 0.3 is 7.12 Å². The van der Waals surface area contributed by atoms with Crippen molar-refractivity contribution < 1.29 is 9.31 Å². The number of aromatic nitrogens is 3. The lowest BCUT2D eigenvalue weighted by molar-refractivity contribution is 0.00578. The van der Waals surface area contributed by atoms with E-state index in [0.29, 0.717) is 0 Å². The van der Waals surface area contributed by atoms with Gasteiger partial charge in [-0.25, -0.2) is 0 Å². The zero-order valence-electron chi connectivity index (χ0n) is 46.5. The molecule has 0 radical (unpaired) electrons.